The van der Waals surface area contributed by atoms with Gasteiger partial charge in [0.1, 0.15) is 10.7 Å². The van der Waals surface area contributed by atoms with E-state index in [1.54, 1.807) is 6.92 Å². The third-order valence-electron chi connectivity index (χ3n) is 3.64. The minimum Gasteiger partial charge on any atom is -0.452 e. The van der Waals surface area contributed by atoms with Gasteiger partial charge in [-0.25, -0.2) is 14.5 Å². The number of nitrogens with one attached hydrogen (secondary N) is 1. The number of hydrogen-bond acceptors (Lipinski definition) is 6. The molecule has 3 rings (SSSR count). The Morgan fingerprint density at radius 2 is 2.00 bits per heavy atom. The summed E-state index contributed by atoms with van der Waals surface area (Å²) in [7, 11) is 0. The molecule has 1 aromatic carbocycles. The van der Waals surface area contributed by atoms with Crippen LogP contribution in [0.2, 0.25) is 5.15 Å². The Kier molecular flexibility index (Phi) is 5.88. The highest BCUT2D eigenvalue weighted by atomic mass is 35.5. The second kappa shape index (κ2) is 8.32. The Bertz CT molecular complexity index is 968. The van der Waals surface area contributed by atoms with Gasteiger partial charge in [-0.1, -0.05) is 41.9 Å². The van der Waals surface area contributed by atoms with Crippen LogP contribution in [0.5, 0.6) is 0 Å². The molecule has 9 heteroatoms. The highest BCUT2D eigenvalue weighted by Gasteiger charge is 2.22. The highest BCUT2D eigenvalue weighted by molar-refractivity contribution is 7.13. The zero-order valence-corrected chi connectivity index (χ0v) is 16.3. The lowest BCUT2D eigenvalue weighted by molar-refractivity contribution is -0.119. The topological polar surface area (TPSA) is 86.1 Å². The SMILES string of the molecule is Cc1csc(NC(=O)COC(=O)c2c(C)nn(Cc3ccccc3)c2Cl)n1. The Labute approximate surface area is 164 Å². The molecule has 1 N–H and O–H groups in total. The standard InChI is InChI=1S/C18H17ClN4O3S/c1-11-10-27-18(20-11)21-14(24)9-26-17(25)15-12(2)22-23(16(15)19)8-13-6-4-3-5-7-13/h3-7,10H,8-9H2,1-2H3,(H,20,21,24). The second-order valence-corrected chi connectivity index (χ2v) is 7.03. The number of nitrogens with zero attached hydrogens (tertiary/aromatic N) is 3. The number of aromatic nitrogens is 3. The van der Waals surface area contributed by atoms with Gasteiger partial charge >= 0.3 is 5.97 Å². The van der Waals surface area contributed by atoms with E-state index < -0.39 is 18.5 Å². The van der Waals surface area contributed by atoms with Gasteiger partial charge in [0.05, 0.1) is 17.9 Å². The number of thiazole rings is 1. The smallest absolute Gasteiger partial charge is 0.343 e. The summed E-state index contributed by atoms with van der Waals surface area (Å²) in [6.07, 6.45) is 0. The summed E-state index contributed by atoms with van der Waals surface area (Å²) in [5, 5.41) is 9.32. The highest BCUT2D eigenvalue weighted by Crippen LogP contribution is 2.22. The first-order valence-corrected chi connectivity index (χ1v) is 9.35. The van der Waals surface area contributed by atoms with E-state index in [9.17, 15) is 9.59 Å². The number of benzene rings is 1. The number of aryl methyl sites for hydroxylation is 2. The van der Waals surface area contributed by atoms with Gasteiger partial charge in [-0.05, 0) is 19.4 Å². The number of hydrogen-bond donors (Lipinski definition) is 1. The van der Waals surface area contributed by atoms with Gasteiger partial charge in [-0.3, -0.25) is 10.1 Å². The molecule has 0 radical (unpaired) electrons. The molecule has 0 aliphatic heterocycles. The Morgan fingerprint density at radius 1 is 1.26 bits per heavy atom. The monoisotopic (exact) mass is 404 g/mol. The molecule has 0 aliphatic carbocycles. The van der Waals surface area contributed by atoms with Gasteiger partial charge in [0.2, 0.25) is 0 Å². The molecule has 0 atom stereocenters. The summed E-state index contributed by atoms with van der Waals surface area (Å²) < 4.78 is 6.61. The number of carbonyl (C=O) groups excluding carboxylic acids is 2. The number of rotatable bonds is 6. The predicted molar refractivity (Wildman–Crippen MR) is 103 cm³/mol. The van der Waals surface area contributed by atoms with E-state index in [1.807, 2.05) is 42.6 Å². The van der Waals surface area contributed by atoms with Crippen molar-refractivity contribution in [3.05, 3.63) is 63.4 Å². The van der Waals surface area contributed by atoms with Crippen LogP contribution in [-0.2, 0) is 16.1 Å². The average molecular weight is 405 g/mol. The number of ether oxygens (including phenoxy) is 1. The van der Waals surface area contributed by atoms with Gasteiger partial charge in [0.25, 0.3) is 5.91 Å². The molecule has 0 aliphatic rings. The lowest BCUT2D eigenvalue weighted by Gasteiger charge is -2.05. The molecule has 0 fully saturated rings. The molecule has 2 aromatic heterocycles. The van der Waals surface area contributed by atoms with Crippen molar-refractivity contribution in [1.29, 1.82) is 0 Å². The Morgan fingerprint density at radius 3 is 2.67 bits per heavy atom. The van der Waals surface area contributed by atoms with Crippen molar-refractivity contribution in [2.45, 2.75) is 20.4 Å². The number of anilines is 1. The minimum absolute atomic E-state index is 0.158. The zero-order valence-electron chi connectivity index (χ0n) is 14.7. The third kappa shape index (κ3) is 4.72. The first kappa shape index (κ1) is 19.1. The molecule has 0 saturated carbocycles. The van der Waals surface area contributed by atoms with E-state index in [2.05, 4.69) is 15.4 Å². The quantitative estimate of drug-likeness (QED) is 0.636. The van der Waals surface area contributed by atoms with Gasteiger partial charge in [0, 0.05) is 5.38 Å². The van der Waals surface area contributed by atoms with Crippen LogP contribution in [0.15, 0.2) is 35.7 Å². The molecule has 0 unspecified atom stereocenters. The second-order valence-electron chi connectivity index (χ2n) is 5.81. The van der Waals surface area contributed by atoms with E-state index in [0.717, 1.165) is 11.3 Å². The van der Waals surface area contributed by atoms with Crippen LogP contribution >= 0.6 is 22.9 Å². The van der Waals surface area contributed by atoms with Crippen molar-refractivity contribution < 1.29 is 14.3 Å². The van der Waals surface area contributed by atoms with Crippen molar-refractivity contribution in [2.24, 2.45) is 0 Å². The predicted octanol–water partition coefficient (Wildman–Crippen LogP) is 3.45. The number of amides is 1. The molecule has 0 bridgehead atoms. The summed E-state index contributed by atoms with van der Waals surface area (Å²) in [4.78, 5) is 28.4. The summed E-state index contributed by atoms with van der Waals surface area (Å²) in [5.74, 6) is -1.16. The van der Waals surface area contributed by atoms with E-state index in [1.165, 1.54) is 16.0 Å². The van der Waals surface area contributed by atoms with Crippen molar-refractivity contribution in [1.82, 2.24) is 14.8 Å². The maximum atomic E-state index is 12.4. The lowest BCUT2D eigenvalue weighted by atomic mass is 10.2. The minimum atomic E-state index is -0.692. The molecular formula is C18H17ClN4O3S. The summed E-state index contributed by atoms with van der Waals surface area (Å²) in [5.41, 5.74) is 2.41. The summed E-state index contributed by atoms with van der Waals surface area (Å²) in [6.45, 7) is 3.49. The number of esters is 1. The maximum Gasteiger partial charge on any atom is 0.343 e. The fraction of sp³-hybridized carbons (Fsp3) is 0.222. The van der Waals surface area contributed by atoms with Crippen LogP contribution in [0, 0.1) is 13.8 Å². The molecule has 0 saturated heterocycles. The fourth-order valence-corrected chi connectivity index (χ4v) is 3.43. The molecular weight excluding hydrogens is 388 g/mol. The maximum absolute atomic E-state index is 12.4. The summed E-state index contributed by atoms with van der Waals surface area (Å²) in [6, 6.07) is 9.63. The van der Waals surface area contributed by atoms with Gasteiger partial charge < -0.3 is 4.74 Å². The number of carbonyl (C=O) groups is 2. The Balaban J connectivity index is 1.63. The van der Waals surface area contributed by atoms with Crippen LogP contribution in [0.4, 0.5) is 5.13 Å². The van der Waals surface area contributed by atoms with Crippen LogP contribution in [0.1, 0.15) is 27.3 Å². The fourth-order valence-electron chi connectivity index (χ4n) is 2.42. The van der Waals surface area contributed by atoms with Crippen molar-refractivity contribution in [3.8, 4) is 0 Å². The lowest BCUT2D eigenvalue weighted by Crippen LogP contribution is -2.21. The third-order valence-corrected chi connectivity index (χ3v) is 4.90. The van der Waals surface area contributed by atoms with E-state index in [-0.39, 0.29) is 10.7 Å². The molecule has 140 valence electrons. The van der Waals surface area contributed by atoms with Crippen molar-refractivity contribution >= 4 is 39.9 Å². The summed E-state index contributed by atoms with van der Waals surface area (Å²) >= 11 is 7.61. The van der Waals surface area contributed by atoms with Crippen LogP contribution in [0.3, 0.4) is 0 Å². The van der Waals surface area contributed by atoms with Crippen LogP contribution in [0.25, 0.3) is 0 Å². The van der Waals surface area contributed by atoms with Crippen molar-refractivity contribution in [3.63, 3.8) is 0 Å². The molecule has 7 nitrogen and oxygen atoms in total. The van der Waals surface area contributed by atoms with Gasteiger partial charge in [0.15, 0.2) is 11.7 Å². The number of halogens is 1. The van der Waals surface area contributed by atoms with Crippen LogP contribution < -0.4 is 5.32 Å². The Hall–Kier alpha value is -2.71. The molecule has 2 heterocycles. The normalized spacial score (nSPS) is 10.6. The van der Waals surface area contributed by atoms with Crippen molar-refractivity contribution in [2.75, 3.05) is 11.9 Å². The molecule has 27 heavy (non-hydrogen) atoms. The van der Waals surface area contributed by atoms with E-state index in [4.69, 9.17) is 16.3 Å². The van der Waals surface area contributed by atoms with Crippen LogP contribution in [-0.4, -0.2) is 33.2 Å². The molecule has 1 amide bonds. The van der Waals surface area contributed by atoms with E-state index in [0.29, 0.717) is 17.4 Å². The zero-order chi connectivity index (χ0) is 19.4. The average Bonchev–Trinajstić information content (AvgIpc) is 3.16. The van der Waals surface area contributed by atoms with E-state index >= 15 is 0 Å². The molecule has 3 aromatic rings. The largest absolute Gasteiger partial charge is 0.452 e. The molecule has 0 spiro atoms. The van der Waals surface area contributed by atoms with Gasteiger partial charge in [-0.2, -0.15) is 5.10 Å². The van der Waals surface area contributed by atoms with Gasteiger partial charge in [-0.15, -0.1) is 11.3 Å². The first-order chi connectivity index (χ1) is 12.9. The first-order valence-electron chi connectivity index (χ1n) is 8.10.